The van der Waals surface area contributed by atoms with Gasteiger partial charge in [-0.25, -0.2) is 4.68 Å². The molecule has 1 heterocycles. The number of rotatable bonds is 8. The number of carbonyl (C=O) groups is 1. The van der Waals surface area contributed by atoms with Crippen LogP contribution < -0.4 is 10.1 Å². The number of hydrogen-bond donors (Lipinski definition) is 1. The van der Waals surface area contributed by atoms with Gasteiger partial charge in [0.1, 0.15) is 5.75 Å². The van der Waals surface area contributed by atoms with Crippen LogP contribution in [-0.4, -0.2) is 32.4 Å². The Morgan fingerprint density at radius 2 is 2.00 bits per heavy atom. The van der Waals surface area contributed by atoms with Crippen molar-refractivity contribution in [3.8, 4) is 11.4 Å². The summed E-state index contributed by atoms with van der Waals surface area (Å²) in [5.74, 6) is -0.588. The fraction of sp³-hybridized carbons (Fsp3) is 0.250. The van der Waals surface area contributed by atoms with Gasteiger partial charge in [-0.3, -0.25) is 14.9 Å². The van der Waals surface area contributed by atoms with E-state index in [2.05, 4.69) is 20.4 Å². The number of para-hydroxylation sites is 1. The first-order valence-corrected chi connectivity index (χ1v) is 9.33. The molecule has 0 bridgehead atoms. The summed E-state index contributed by atoms with van der Waals surface area (Å²) in [5, 5.41) is 21.6. The van der Waals surface area contributed by atoms with Crippen LogP contribution in [-0.2, 0) is 0 Å². The number of hydrogen-bond acceptors (Lipinski definition) is 6. The normalized spacial score (nSPS) is 11.9. The molecular weight excluding hydrogens is 412 g/mol. The Kier molecular flexibility index (Phi) is 6.53. The highest BCUT2D eigenvalue weighted by Crippen LogP contribution is 2.29. The predicted molar refractivity (Wildman–Crippen MR) is 106 cm³/mol. The topological polar surface area (TPSA) is 112 Å². The van der Waals surface area contributed by atoms with Gasteiger partial charge in [-0.05, 0) is 25.5 Å². The third-order valence-corrected chi connectivity index (χ3v) is 4.62. The molecule has 0 aliphatic rings. The summed E-state index contributed by atoms with van der Waals surface area (Å²) in [6, 6.07) is 11.4. The van der Waals surface area contributed by atoms with Crippen molar-refractivity contribution in [3.05, 3.63) is 75.6 Å². The van der Waals surface area contributed by atoms with E-state index >= 15 is 0 Å². The van der Waals surface area contributed by atoms with E-state index in [4.69, 9.17) is 0 Å². The Balaban J connectivity index is 1.86. The molecule has 0 spiro atoms. The zero-order valence-electron chi connectivity index (χ0n) is 16.7. The first-order chi connectivity index (χ1) is 14.8. The monoisotopic (exact) mass is 431 g/mol. The zero-order chi connectivity index (χ0) is 22.5. The van der Waals surface area contributed by atoms with Crippen molar-refractivity contribution in [1.82, 2.24) is 20.3 Å². The molecule has 1 amide bonds. The van der Waals surface area contributed by atoms with E-state index in [1.165, 1.54) is 28.9 Å². The van der Waals surface area contributed by atoms with E-state index in [1.807, 2.05) is 0 Å². The predicted octanol–water partition coefficient (Wildman–Crippen LogP) is 3.97. The summed E-state index contributed by atoms with van der Waals surface area (Å²) in [4.78, 5) is 23.3. The second-order valence-corrected chi connectivity index (χ2v) is 6.56. The van der Waals surface area contributed by atoms with Gasteiger partial charge in [0.15, 0.2) is 5.69 Å². The molecule has 11 heteroatoms. The molecule has 0 radical (unpaired) electrons. The summed E-state index contributed by atoms with van der Waals surface area (Å²) in [7, 11) is 0. The number of nitrogens with zero attached hydrogens (tertiary/aromatic N) is 4. The average Bonchev–Trinajstić information content (AvgIpc) is 3.13. The van der Waals surface area contributed by atoms with Crippen LogP contribution in [0.3, 0.4) is 0 Å². The largest absolute Gasteiger partial charge is 0.434 e. The first-order valence-electron chi connectivity index (χ1n) is 9.33. The lowest BCUT2D eigenvalue weighted by molar-refractivity contribution is -0.384. The van der Waals surface area contributed by atoms with Crippen molar-refractivity contribution in [2.75, 3.05) is 0 Å². The van der Waals surface area contributed by atoms with Crippen LogP contribution in [0.4, 0.5) is 14.5 Å². The lowest BCUT2D eigenvalue weighted by Crippen LogP contribution is -2.29. The molecule has 31 heavy (non-hydrogen) atoms. The number of benzene rings is 2. The maximum atomic E-state index is 12.8. The van der Waals surface area contributed by atoms with Gasteiger partial charge in [0.2, 0.25) is 0 Å². The second kappa shape index (κ2) is 9.28. The van der Waals surface area contributed by atoms with Crippen molar-refractivity contribution >= 4 is 11.6 Å². The highest BCUT2D eigenvalue weighted by molar-refractivity contribution is 5.93. The molecule has 0 saturated carbocycles. The van der Waals surface area contributed by atoms with Crippen molar-refractivity contribution < 1.29 is 23.2 Å². The lowest BCUT2D eigenvalue weighted by atomic mass is 10.0. The van der Waals surface area contributed by atoms with Crippen LogP contribution in [0.5, 0.6) is 5.75 Å². The Morgan fingerprint density at radius 1 is 1.26 bits per heavy atom. The highest BCUT2D eigenvalue weighted by Gasteiger charge is 2.23. The summed E-state index contributed by atoms with van der Waals surface area (Å²) >= 11 is 0. The van der Waals surface area contributed by atoms with Crippen LogP contribution in [0.1, 0.15) is 41.1 Å². The van der Waals surface area contributed by atoms with E-state index in [0.29, 0.717) is 23.4 Å². The maximum Gasteiger partial charge on any atom is 0.387 e. The number of alkyl halides is 2. The van der Waals surface area contributed by atoms with Crippen LogP contribution in [0, 0.1) is 17.0 Å². The first kappa shape index (κ1) is 21.8. The second-order valence-electron chi connectivity index (χ2n) is 6.56. The van der Waals surface area contributed by atoms with Gasteiger partial charge < -0.3 is 10.1 Å². The molecule has 1 aromatic heterocycles. The van der Waals surface area contributed by atoms with E-state index in [9.17, 15) is 23.7 Å². The van der Waals surface area contributed by atoms with Gasteiger partial charge in [-0.2, -0.15) is 8.78 Å². The third-order valence-electron chi connectivity index (χ3n) is 4.62. The Morgan fingerprint density at radius 3 is 2.68 bits per heavy atom. The summed E-state index contributed by atoms with van der Waals surface area (Å²) in [6.07, 6.45) is 0.410. The number of nitro benzene ring substituents is 1. The minimum absolute atomic E-state index is 0.0113. The molecule has 9 nitrogen and oxygen atoms in total. The standard InChI is InChI=1S/C20H19F2N5O4/c1-3-16(15-9-4-5-10-17(15)31-20(21)22)23-19(28)18-12(2)26(25-24-18)13-7-6-8-14(11-13)27(29)30/h4-11,16,20H,3H2,1-2H3,(H,23,28). The number of amides is 1. The SMILES string of the molecule is CCC(NC(=O)c1nnn(-c2cccc([N+](=O)[O-])c2)c1C)c1ccccc1OC(F)F. The Labute approximate surface area is 175 Å². The summed E-state index contributed by atoms with van der Waals surface area (Å²) in [6.45, 7) is 0.394. The number of carbonyl (C=O) groups excluding carboxylic acids is 1. The van der Waals surface area contributed by atoms with Crippen LogP contribution in [0.15, 0.2) is 48.5 Å². The molecule has 0 fully saturated rings. The van der Waals surface area contributed by atoms with Gasteiger partial charge in [0.25, 0.3) is 11.6 Å². The van der Waals surface area contributed by atoms with Crippen LogP contribution in [0.25, 0.3) is 5.69 Å². The van der Waals surface area contributed by atoms with Gasteiger partial charge in [0.05, 0.1) is 22.3 Å². The van der Waals surface area contributed by atoms with Crippen LogP contribution >= 0.6 is 0 Å². The number of halogens is 2. The number of nitro groups is 1. The molecule has 1 unspecified atom stereocenters. The minimum atomic E-state index is -2.99. The number of ether oxygens (including phenoxy) is 1. The average molecular weight is 431 g/mol. The van der Waals surface area contributed by atoms with Crippen molar-refractivity contribution in [3.63, 3.8) is 0 Å². The van der Waals surface area contributed by atoms with Gasteiger partial charge in [0, 0.05) is 17.7 Å². The van der Waals surface area contributed by atoms with Crippen molar-refractivity contribution in [2.24, 2.45) is 0 Å². The molecule has 1 N–H and O–H groups in total. The van der Waals surface area contributed by atoms with Gasteiger partial charge in [-0.15, -0.1) is 5.10 Å². The van der Waals surface area contributed by atoms with E-state index in [0.717, 1.165) is 0 Å². The number of nitrogens with one attached hydrogen (secondary N) is 1. The molecule has 2 aromatic carbocycles. The van der Waals surface area contributed by atoms with E-state index in [-0.39, 0.29) is 17.1 Å². The fourth-order valence-electron chi connectivity index (χ4n) is 3.12. The van der Waals surface area contributed by atoms with Crippen LogP contribution in [0.2, 0.25) is 0 Å². The lowest BCUT2D eigenvalue weighted by Gasteiger charge is -2.20. The molecule has 0 aliphatic carbocycles. The molecule has 3 aromatic rings. The molecule has 0 aliphatic heterocycles. The van der Waals surface area contributed by atoms with Crippen molar-refractivity contribution in [1.29, 1.82) is 0 Å². The quantitative estimate of drug-likeness (QED) is 0.427. The van der Waals surface area contributed by atoms with Gasteiger partial charge in [-0.1, -0.05) is 36.4 Å². The summed E-state index contributed by atoms with van der Waals surface area (Å²) in [5.41, 5.74) is 1.03. The fourth-order valence-corrected chi connectivity index (χ4v) is 3.12. The molecule has 0 saturated heterocycles. The summed E-state index contributed by atoms with van der Waals surface area (Å²) < 4.78 is 31.3. The smallest absolute Gasteiger partial charge is 0.387 e. The minimum Gasteiger partial charge on any atom is -0.434 e. The molecule has 1 atom stereocenters. The third kappa shape index (κ3) is 4.82. The van der Waals surface area contributed by atoms with E-state index < -0.39 is 23.5 Å². The number of aromatic nitrogens is 3. The Bertz CT molecular complexity index is 1100. The van der Waals surface area contributed by atoms with E-state index in [1.54, 1.807) is 38.1 Å². The maximum absolute atomic E-state index is 12.8. The van der Waals surface area contributed by atoms with Crippen molar-refractivity contribution in [2.45, 2.75) is 32.9 Å². The molecule has 162 valence electrons. The Hall–Kier alpha value is -3.89. The highest BCUT2D eigenvalue weighted by atomic mass is 19.3. The van der Waals surface area contributed by atoms with Gasteiger partial charge >= 0.3 is 6.61 Å². The number of non-ortho nitro benzene ring substituents is 1. The molecular formula is C20H19F2N5O4. The molecule has 3 rings (SSSR count). The zero-order valence-corrected chi connectivity index (χ0v) is 16.7.